The highest BCUT2D eigenvalue weighted by Gasteiger charge is 2.20. The zero-order chi connectivity index (χ0) is 20.6. The Morgan fingerprint density at radius 3 is 2.62 bits per heavy atom. The monoisotopic (exact) mass is 397 g/mol. The van der Waals surface area contributed by atoms with Crippen molar-refractivity contribution in [3.63, 3.8) is 0 Å². The quantitative estimate of drug-likeness (QED) is 0.635. The smallest absolute Gasteiger partial charge is 0.220 e. The highest BCUT2D eigenvalue weighted by molar-refractivity contribution is 5.76. The normalized spacial score (nSPS) is 20.0. The van der Waals surface area contributed by atoms with E-state index in [0.717, 1.165) is 49.1 Å². The van der Waals surface area contributed by atoms with Gasteiger partial charge in [0.2, 0.25) is 5.91 Å². The summed E-state index contributed by atoms with van der Waals surface area (Å²) < 4.78 is 5.79. The van der Waals surface area contributed by atoms with Gasteiger partial charge in [0.1, 0.15) is 0 Å². The molecule has 1 aromatic heterocycles. The molecule has 2 atom stereocenters. The summed E-state index contributed by atoms with van der Waals surface area (Å²) in [5.41, 5.74) is 2.22. The minimum absolute atomic E-state index is 0.0697. The molecule has 1 aliphatic heterocycles. The highest BCUT2D eigenvalue weighted by Crippen LogP contribution is 2.22. The van der Waals surface area contributed by atoms with Gasteiger partial charge in [0.05, 0.1) is 6.20 Å². The lowest BCUT2D eigenvalue weighted by atomic mass is 9.92. The van der Waals surface area contributed by atoms with Crippen molar-refractivity contribution in [3.05, 3.63) is 41.9 Å². The van der Waals surface area contributed by atoms with E-state index < -0.39 is 0 Å². The molecule has 1 amide bonds. The Morgan fingerprint density at radius 2 is 1.90 bits per heavy atom. The van der Waals surface area contributed by atoms with Crippen LogP contribution in [0.25, 0.3) is 11.3 Å². The van der Waals surface area contributed by atoms with E-state index in [0.29, 0.717) is 18.7 Å². The van der Waals surface area contributed by atoms with Crippen LogP contribution in [0.4, 0.5) is 0 Å². The van der Waals surface area contributed by atoms with Gasteiger partial charge in [-0.25, -0.2) is 4.98 Å². The third-order valence-electron chi connectivity index (χ3n) is 5.62. The van der Waals surface area contributed by atoms with Crippen LogP contribution in [0.1, 0.15) is 51.0 Å². The molecular weight excluding hydrogens is 362 g/mol. The van der Waals surface area contributed by atoms with Crippen molar-refractivity contribution in [2.24, 2.45) is 11.8 Å². The van der Waals surface area contributed by atoms with Crippen molar-refractivity contribution in [1.29, 1.82) is 0 Å². The molecule has 2 unspecified atom stereocenters. The van der Waals surface area contributed by atoms with Gasteiger partial charge >= 0.3 is 0 Å². The van der Waals surface area contributed by atoms with Crippen molar-refractivity contribution in [2.45, 2.75) is 52.9 Å². The van der Waals surface area contributed by atoms with E-state index in [1.54, 1.807) is 6.20 Å². The summed E-state index contributed by atoms with van der Waals surface area (Å²) in [4.78, 5) is 19.0. The fourth-order valence-electron chi connectivity index (χ4n) is 4.25. The number of benzene rings is 1. The minimum Gasteiger partial charge on any atom is -0.441 e. The lowest BCUT2D eigenvalue weighted by Crippen LogP contribution is -2.39. The maximum Gasteiger partial charge on any atom is 0.220 e. The second kappa shape index (κ2) is 10.6. The van der Waals surface area contributed by atoms with Crippen LogP contribution in [-0.4, -0.2) is 42.0 Å². The molecule has 0 aliphatic carbocycles. The molecular formula is C24H35N3O2. The molecule has 0 radical (unpaired) electrons. The topological polar surface area (TPSA) is 58.4 Å². The number of amides is 1. The summed E-state index contributed by atoms with van der Waals surface area (Å²) in [6.45, 7) is 11.1. The van der Waals surface area contributed by atoms with E-state index in [-0.39, 0.29) is 5.91 Å². The molecule has 1 saturated heterocycles. The zero-order valence-corrected chi connectivity index (χ0v) is 18.1. The number of oxazole rings is 1. The molecule has 1 N–H and O–H groups in total. The average Bonchev–Trinajstić information content (AvgIpc) is 3.15. The molecule has 3 rings (SSSR count). The summed E-state index contributed by atoms with van der Waals surface area (Å²) in [6, 6.07) is 8.16. The van der Waals surface area contributed by atoms with Crippen molar-refractivity contribution in [2.75, 3.05) is 26.2 Å². The van der Waals surface area contributed by atoms with E-state index in [1.807, 2.05) is 12.1 Å². The van der Waals surface area contributed by atoms with Crippen LogP contribution in [0.15, 0.2) is 34.9 Å². The van der Waals surface area contributed by atoms with Gasteiger partial charge in [-0.1, -0.05) is 43.7 Å². The Balaban J connectivity index is 1.30. The first-order valence-electron chi connectivity index (χ1n) is 11.0. The number of carbonyl (C=O) groups is 1. The summed E-state index contributed by atoms with van der Waals surface area (Å²) in [5.74, 6) is 3.05. The van der Waals surface area contributed by atoms with Crippen molar-refractivity contribution < 1.29 is 9.21 Å². The first kappa shape index (κ1) is 21.6. The summed E-state index contributed by atoms with van der Waals surface area (Å²) >= 11 is 0. The van der Waals surface area contributed by atoms with Gasteiger partial charge in [0, 0.05) is 38.0 Å². The molecule has 158 valence electrons. The summed E-state index contributed by atoms with van der Waals surface area (Å²) in [6.07, 6.45) is 6.20. The number of carbonyl (C=O) groups excluding carboxylic acids is 1. The van der Waals surface area contributed by atoms with Gasteiger partial charge in [-0.05, 0) is 44.6 Å². The lowest BCUT2D eigenvalue weighted by molar-refractivity contribution is -0.121. The van der Waals surface area contributed by atoms with Crippen LogP contribution in [0, 0.1) is 18.8 Å². The lowest BCUT2D eigenvalue weighted by Gasteiger charge is -2.34. The van der Waals surface area contributed by atoms with Gasteiger partial charge in [0.25, 0.3) is 0 Å². The van der Waals surface area contributed by atoms with E-state index in [9.17, 15) is 4.79 Å². The maximum atomic E-state index is 12.1. The second-order valence-corrected chi connectivity index (χ2v) is 8.75. The molecule has 5 heteroatoms. The third kappa shape index (κ3) is 7.00. The van der Waals surface area contributed by atoms with Crippen LogP contribution >= 0.6 is 0 Å². The van der Waals surface area contributed by atoms with Crippen molar-refractivity contribution >= 4 is 5.91 Å². The Bertz CT molecular complexity index is 759. The van der Waals surface area contributed by atoms with Gasteiger partial charge in [-0.15, -0.1) is 0 Å². The number of piperidine rings is 1. The molecule has 0 bridgehead atoms. The number of rotatable bonds is 9. The largest absolute Gasteiger partial charge is 0.441 e. The fourth-order valence-corrected chi connectivity index (χ4v) is 4.25. The predicted octanol–water partition coefficient (Wildman–Crippen LogP) is 4.46. The Morgan fingerprint density at radius 1 is 1.17 bits per heavy atom. The molecule has 2 heterocycles. The number of nitrogens with zero attached hydrogens (tertiary/aromatic N) is 2. The molecule has 2 aromatic rings. The van der Waals surface area contributed by atoms with Crippen molar-refractivity contribution in [3.8, 4) is 11.3 Å². The maximum absolute atomic E-state index is 12.1. The minimum atomic E-state index is 0.0697. The van der Waals surface area contributed by atoms with Crippen LogP contribution in [0.2, 0.25) is 0 Å². The van der Waals surface area contributed by atoms with Crippen LogP contribution in [0.5, 0.6) is 0 Å². The zero-order valence-electron chi connectivity index (χ0n) is 18.1. The van der Waals surface area contributed by atoms with E-state index in [1.165, 1.54) is 25.1 Å². The van der Waals surface area contributed by atoms with Gasteiger partial charge in [0.15, 0.2) is 11.7 Å². The van der Waals surface area contributed by atoms with E-state index in [2.05, 4.69) is 48.1 Å². The SMILES string of the molecule is Cc1ccc(-c2cnc(CCC(=O)NCCCCN3CC(C)CC(C)C3)o2)cc1. The number of hydrogen-bond donors (Lipinski definition) is 1. The number of aromatic nitrogens is 1. The first-order chi connectivity index (χ1) is 14.0. The number of unbranched alkanes of at least 4 members (excludes halogenated alkanes) is 1. The Kier molecular flexibility index (Phi) is 7.87. The standard InChI is InChI=1S/C24H35N3O2/c1-18-6-8-21(9-7-18)22-15-26-24(29-22)11-10-23(28)25-12-4-5-13-27-16-19(2)14-20(3)17-27/h6-9,15,19-20H,4-5,10-14,16-17H2,1-3H3,(H,25,28). The van der Waals surface area contributed by atoms with E-state index >= 15 is 0 Å². The molecule has 5 nitrogen and oxygen atoms in total. The third-order valence-corrected chi connectivity index (χ3v) is 5.62. The fraction of sp³-hybridized carbons (Fsp3) is 0.583. The Hall–Kier alpha value is -2.14. The number of aryl methyl sites for hydroxylation is 2. The predicted molar refractivity (Wildman–Crippen MR) is 117 cm³/mol. The number of hydrogen-bond acceptors (Lipinski definition) is 4. The summed E-state index contributed by atoms with van der Waals surface area (Å²) in [5, 5.41) is 3.03. The van der Waals surface area contributed by atoms with Gasteiger partial charge in [-0.2, -0.15) is 0 Å². The molecule has 29 heavy (non-hydrogen) atoms. The molecule has 0 spiro atoms. The highest BCUT2D eigenvalue weighted by atomic mass is 16.4. The number of nitrogens with one attached hydrogen (secondary N) is 1. The molecule has 1 aliphatic rings. The van der Waals surface area contributed by atoms with Crippen LogP contribution < -0.4 is 5.32 Å². The molecule has 1 aromatic carbocycles. The van der Waals surface area contributed by atoms with Gasteiger partial charge < -0.3 is 14.6 Å². The van der Waals surface area contributed by atoms with Gasteiger partial charge in [-0.3, -0.25) is 4.79 Å². The first-order valence-corrected chi connectivity index (χ1v) is 11.0. The van der Waals surface area contributed by atoms with Crippen molar-refractivity contribution in [1.82, 2.24) is 15.2 Å². The van der Waals surface area contributed by atoms with E-state index in [4.69, 9.17) is 4.42 Å². The van der Waals surface area contributed by atoms with Crippen LogP contribution in [-0.2, 0) is 11.2 Å². The second-order valence-electron chi connectivity index (χ2n) is 8.75. The molecule has 1 fully saturated rings. The Labute approximate surface area is 174 Å². The molecule has 0 saturated carbocycles. The number of likely N-dealkylation sites (tertiary alicyclic amines) is 1. The summed E-state index contributed by atoms with van der Waals surface area (Å²) in [7, 11) is 0. The average molecular weight is 398 g/mol. The van der Waals surface area contributed by atoms with Crippen LogP contribution in [0.3, 0.4) is 0 Å².